The summed E-state index contributed by atoms with van der Waals surface area (Å²) in [5, 5.41) is 29.4. The second-order valence-electron chi connectivity index (χ2n) is 11.0. The Morgan fingerprint density at radius 2 is 1.91 bits per heavy atom. The summed E-state index contributed by atoms with van der Waals surface area (Å²) in [4.78, 5) is 18.7. The van der Waals surface area contributed by atoms with Crippen LogP contribution >= 0.6 is 0 Å². The van der Waals surface area contributed by atoms with Crippen molar-refractivity contribution in [3.63, 3.8) is 0 Å². The molecule has 0 aliphatic carbocycles. The van der Waals surface area contributed by atoms with Gasteiger partial charge in [-0.2, -0.15) is 10.5 Å². The minimum Gasteiger partial charge on any atom is -0.478 e. The summed E-state index contributed by atoms with van der Waals surface area (Å²) in [5.41, 5.74) is 3.95. The zero-order valence-electron chi connectivity index (χ0n) is 23.5. The van der Waals surface area contributed by atoms with Gasteiger partial charge in [-0.25, -0.2) is 14.2 Å². The Kier molecular flexibility index (Phi) is 8.06. The van der Waals surface area contributed by atoms with Gasteiger partial charge in [0, 0.05) is 48.3 Å². The Hall–Kier alpha value is -4.77. The maximum Gasteiger partial charge on any atom is 0.335 e. The van der Waals surface area contributed by atoms with Crippen molar-refractivity contribution in [2.75, 3.05) is 19.7 Å². The monoisotopic (exact) mass is 579 g/mol. The fourth-order valence-corrected chi connectivity index (χ4v) is 5.89. The van der Waals surface area contributed by atoms with Gasteiger partial charge in [-0.15, -0.1) is 0 Å². The van der Waals surface area contributed by atoms with Gasteiger partial charge < -0.3 is 19.1 Å². The number of carboxylic acids is 1. The topological polar surface area (TPSA) is 124 Å². The minimum absolute atomic E-state index is 0.0154. The molecule has 2 aromatic carbocycles. The number of carboxylic acid groups (broad SMARTS) is 1. The maximum atomic E-state index is 14.3. The lowest BCUT2D eigenvalue weighted by Crippen LogP contribution is -2.35. The molecule has 0 unspecified atom stereocenters. The van der Waals surface area contributed by atoms with Crippen LogP contribution in [0.25, 0.3) is 10.9 Å². The number of aromatic nitrogens is 2. The third-order valence-corrected chi connectivity index (χ3v) is 8.39. The van der Waals surface area contributed by atoms with Crippen LogP contribution in [0, 0.1) is 28.5 Å². The Morgan fingerprint density at radius 3 is 2.58 bits per heavy atom. The number of carbonyl (C=O) groups is 1. The summed E-state index contributed by atoms with van der Waals surface area (Å²) >= 11 is 0. The van der Waals surface area contributed by atoms with E-state index in [4.69, 9.17) is 19.7 Å². The van der Waals surface area contributed by atoms with Crippen molar-refractivity contribution < 1.29 is 23.8 Å². The third kappa shape index (κ3) is 5.94. The van der Waals surface area contributed by atoms with E-state index in [1.165, 1.54) is 6.07 Å². The number of benzene rings is 2. The fraction of sp³-hybridized carbons (Fsp3) is 0.333. The first-order valence-corrected chi connectivity index (χ1v) is 14.3. The average Bonchev–Trinajstić information content (AvgIpc) is 3.29. The summed E-state index contributed by atoms with van der Waals surface area (Å²) in [5.74, 6) is -0.829. The van der Waals surface area contributed by atoms with E-state index in [-0.39, 0.29) is 29.8 Å². The third-order valence-electron chi connectivity index (χ3n) is 8.39. The van der Waals surface area contributed by atoms with E-state index in [0.29, 0.717) is 36.7 Å². The number of hydrogen-bond donors (Lipinski definition) is 1. The molecular formula is C33H30FN5O4. The molecule has 2 saturated heterocycles. The Labute approximate surface area is 248 Å². The zero-order valence-corrected chi connectivity index (χ0v) is 23.5. The molecule has 0 spiro atoms. The van der Waals surface area contributed by atoms with Gasteiger partial charge in [0.15, 0.2) is 0 Å². The summed E-state index contributed by atoms with van der Waals surface area (Å²) in [6.45, 7) is 3.50. The Balaban J connectivity index is 1.15. The van der Waals surface area contributed by atoms with Gasteiger partial charge in [0.25, 0.3) is 0 Å². The molecule has 2 aromatic heterocycles. The van der Waals surface area contributed by atoms with E-state index in [1.807, 2.05) is 18.2 Å². The van der Waals surface area contributed by atoms with E-state index in [2.05, 4.69) is 15.5 Å². The predicted molar refractivity (Wildman–Crippen MR) is 155 cm³/mol. The molecule has 1 atom stereocenters. The number of fused-ring (bicyclic) bond motifs is 1. The number of hydrogen-bond acceptors (Lipinski definition) is 7. The highest BCUT2D eigenvalue weighted by Crippen LogP contribution is 2.33. The highest BCUT2D eigenvalue weighted by Gasteiger charge is 2.28. The Morgan fingerprint density at radius 1 is 1.09 bits per heavy atom. The van der Waals surface area contributed by atoms with Gasteiger partial charge in [0.05, 0.1) is 40.1 Å². The molecule has 1 N–H and O–H groups in total. The molecule has 0 bridgehead atoms. The number of nitrogens with zero attached hydrogens (tertiary/aromatic N) is 5. The zero-order chi connectivity index (χ0) is 29.9. The summed E-state index contributed by atoms with van der Waals surface area (Å²) in [6.07, 6.45) is 2.73. The molecule has 0 radical (unpaired) electrons. The van der Waals surface area contributed by atoms with Gasteiger partial charge in [-0.3, -0.25) is 4.90 Å². The second kappa shape index (κ2) is 12.2. The molecule has 0 amide bonds. The number of likely N-dealkylation sites (tertiary alicyclic amines) is 1. The van der Waals surface area contributed by atoms with Crippen LogP contribution in [0.4, 0.5) is 4.39 Å². The molecule has 43 heavy (non-hydrogen) atoms. The lowest BCUT2D eigenvalue weighted by Gasteiger charge is -2.33. The molecule has 6 rings (SSSR count). The van der Waals surface area contributed by atoms with Crippen LogP contribution in [0.5, 0.6) is 5.88 Å². The fourth-order valence-electron chi connectivity index (χ4n) is 5.89. The first-order valence-electron chi connectivity index (χ1n) is 14.3. The van der Waals surface area contributed by atoms with Crippen LogP contribution in [-0.2, 0) is 24.4 Å². The molecule has 10 heteroatoms. The van der Waals surface area contributed by atoms with Crippen LogP contribution in [-0.4, -0.2) is 51.3 Å². The lowest BCUT2D eigenvalue weighted by molar-refractivity contribution is -0.0591. The number of pyridine rings is 1. The SMILES string of the molecule is N#Cc1ccc(COc2cccc(C3CCN(Cc4c(C#N)c5ccc(C(=O)O)cc5n4C[C@@H]4CCO4)CC3)n2)c(F)c1. The van der Waals surface area contributed by atoms with Crippen LogP contribution in [0.15, 0.2) is 54.6 Å². The van der Waals surface area contributed by atoms with Crippen LogP contribution in [0.3, 0.4) is 0 Å². The van der Waals surface area contributed by atoms with Crippen LogP contribution in [0.1, 0.15) is 63.6 Å². The number of rotatable bonds is 9. The first-order chi connectivity index (χ1) is 20.9. The number of aromatic carboxylic acids is 1. The highest BCUT2D eigenvalue weighted by molar-refractivity contribution is 5.96. The number of halogens is 1. The van der Waals surface area contributed by atoms with E-state index in [9.17, 15) is 19.6 Å². The average molecular weight is 580 g/mol. The minimum atomic E-state index is -0.999. The molecule has 2 fully saturated rings. The number of piperidine rings is 1. The van der Waals surface area contributed by atoms with E-state index < -0.39 is 11.8 Å². The van der Waals surface area contributed by atoms with Crippen molar-refractivity contribution >= 4 is 16.9 Å². The highest BCUT2D eigenvalue weighted by atomic mass is 19.1. The van der Waals surface area contributed by atoms with Crippen molar-refractivity contribution in [1.82, 2.24) is 14.5 Å². The molecule has 218 valence electrons. The normalized spacial score (nSPS) is 17.2. The van der Waals surface area contributed by atoms with Gasteiger partial charge in [-0.1, -0.05) is 18.2 Å². The second-order valence-corrected chi connectivity index (χ2v) is 11.0. The molecular weight excluding hydrogens is 549 g/mol. The van der Waals surface area contributed by atoms with Crippen LogP contribution < -0.4 is 4.74 Å². The molecule has 9 nitrogen and oxygen atoms in total. The quantitative estimate of drug-likeness (QED) is 0.281. The summed E-state index contributed by atoms with van der Waals surface area (Å²) in [6, 6.07) is 19.2. The van der Waals surface area contributed by atoms with Crippen molar-refractivity contribution in [2.24, 2.45) is 0 Å². The Bertz CT molecular complexity index is 1760. The maximum absolute atomic E-state index is 14.3. The van der Waals surface area contributed by atoms with Gasteiger partial charge in [-0.05, 0) is 62.7 Å². The molecule has 4 aromatic rings. The van der Waals surface area contributed by atoms with E-state index >= 15 is 0 Å². The van der Waals surface area contributed by atoms with Crippen molar-refractivity contribution in [1.29, 1.82) is 10.5 Å². The van der Waals surface area contributed by atoms with Gasteiger partial charge in [0.1, 0.15) is 18.5 Å². The molecule has 0 saturated carbocycles. The van der Waals surface area contributed by atoms with Crippen LogP contribution in [0.2, 0.25) is 0 Å². The molecule has 2 aliphatic rings. The summed E-state index contributed by atoms with van der Waals surface area (Å²) < 4.78 is 27.8. The van der Waals surface area contributed by atoms with Gasteiger partial charge in [0.2, 0.25) is 5.88 Å². The first kappa shape index (κ1) is 28.4. The number of nitriles is 2. The van der Waals surface area contributed by atoms with Crippen molar-refractivity contribution in [3.8, 4) is 18.0 Å². The van der Waals surface area contributed by atoms with E-state index in [0.717, 1.165) is 54.6 Å². The molecule has 2 aliphatic heterocycles. The largest absolute Gasteiger partial charge is 0.478 e. The smallest absolute Gasteiger partial charge is 0.335 e. The summed E-state index contributed by atoms with van der Waals surface area (Å²) in [7, 11) is 0. The lowest BCUT2D eigenvalue weighted by atomic mass is 9.93. The van der Waals surface area contributed by atoms with Gasteiger partial charge >= 0.3 is 5.97 Å². The number of ether oxygens (including phenoxy) is 2. The van der Waals surface area contributed by atoms with E-state index in [1.54, 1.807) is 36.4 Å². The standard InChI is InChI=1S/C33H30FN5O4/c34-28-14-21(16-35)4-5-24(28)20-43-32-3-1-2-29(37-32)22-8-11-38(12-9-22)19-31-27(17-36)26-7-6-23(33(40)41)15-30(26)39(31)18-25-10-13-42-25/h1-7,14-15,22,25H,8-13,18-20H2,(H,40,41)/t25-/m0/s1. The van der Waals surface area contributed by atoms with Crippen molar-refractivity contribution in [3.05, 3.63) is 94.1 Å². The predicted octanol–water partition coefficient (Wildman–Crippen LogP) is 5.36. The molecule has 4 heterocycles. The van der Waals surface area contributed by atoms with Crippen molar-refractivity contribution in [2.45, 2.75) is 51.0 Å².